The molecular weight excluding hydrogens is 444 g/mol. The summed E-state index contributed by atoms with van der Waals surface area (Å²) in [4.78, 5) is 38.0. The van der Waals surface area contributed by atoms with E-state index in [9.17, 15) is 14.4 Å². The molecule has 0 spiro atoms. The molecule has 0 atom stereocenters. The number of hydrogen-bond acceptors (Lipinski definition) is 6. The van der Waals surface area contributed by atoms with Crippen molar-refractivity contribution in [3.63, 3.8) is 0 Å². The highest BCUT2D eigenvalue weighted by molar-refractivity contribution is 8.00. The van der Waals surface area contributed by atoms with Gasteiger partial charge in [-0.15, -0.1) is 23.1 Å². The van der Waals surface area contributed by atoms with Crippen molar-refractivity contribution in [2.24, 2.45) is 0 Å². The quantitative estimate of drug-likeness (QED) is 0.547. The van der Waals surface area contributed by atoms with E-state index in [2.05, 4.69) is 10.6 Å². The normalized spacial score (nSPS) is 12.7. The van der Waals surface area contributed by atoms with E-state index < -0.39 is 0 Å². The Labute approximate surface area is 188 Å². The predicted octanol–water partition coefficient (Wildman–Crippen LogP) is 4.77. The number of anilines is 2. The van der Waals surface area contributed by atoms with Gasteiger partial charge < -0.3 is 15.4 Å². The van der Waals surface area contributed by atoms with Crippen LogP contribution in [0.3, 0.4) is 0 Å². The number of nitrogens with one attached hydrogen (secondary N) is 2. The smallest absolute Gasteiger partial charge is 0.341 e. The van der Waals surface area contributed by atoms with Crippen LogP contribution in [0.4, 0.5) is 10.7 Å². The van der Waals surface area contributed by atoms with E-state index in [1.807, 2.05) is 0 Å². The van der Waals surface area contributed by atoms with Crippen LogP contribution in [0.2, 0.25) is 5.02 Å². The van der Waals surface area contributed by atoms with Crippen molar-refractivity contribution in [2.75, 3.05) is 28.7 Å². The first-order chi connectivity index (χ1) is 14.5. The average molecular weight is 467 g/mol. The second-order valence-electron chi connectivity index (χ2n) is 6.73. The number of ether oxygens (including phenoxy) is 1. The minimum atomic E-state index is -0.387. The number of thioether (sulfide) groups is 1. The topological polar surface area (TPSA) is 84.5 Å². The molecule has 2 aromatic rings. The SMILES string of the molecule is CCOC(=O)c1c(NC(=O)CSCC(=O)Nc2ccc(Cl)cc2)sc2c1CCCC2. The molecular formula is C21H23ClN2O4S2. The second kappa shape index (κ2) is 10.8. The number of hydrogen-bond donors (Lipinski definition) is 2. The largest absolute Gasteiger partial charge is 0.462 e. The van der Waals surface area contributed by atoms with E-state index >= 15 is 0 Å². The molecule has 0 saturated carbocycles. The third-order valence-electron chi connectivity index (χ3n) is 4.50. The van der Waals surface area contributed by atoms with Crippen LogP contribution in [0, 0.1) is 0 Å². The van der Waals surface area contributed by atoms with Crippen LogP contribution in [-0.4, -0.2) is 35.9 Å². The molecule has 30 heavy (non-hydrogen) atoms. The van der Waals surface area contributed by atoms with Gasteiger partial charge in [-0.25, -0.2) is 4.79 Å². The number of fused-ring (bicyclic) bond motifs is 1. The van der Waals surface area contributed by atoms with Crippen LogP contribution in [0.25, 0.3) is 0 Å². The van der Waals surface area contributed by atoms with Gasteiger partial charge in [-0.05, 0) is 62.4 Å². The Kier molecular flexibility index (Phi) is 8.18. The van der Waals surface area contributed by atoms with Crippen LogP contribution in [0.5, 0.6) is 0 Å². The Morgan fingerprint density at radius 3 is 2.43 bits per heavy atom. The number of benzene rings is 1. The van der Waals surface area contributed by atoms with E-state index in [-0.39, 0.29) is 35.9 Å². The molecule has 0 bridgehead atoms. The zero-order chi connectivity index (χ0) is 21.5. The van der Waals surface area contributed by atoms with Crippen LogP contribution in [0.1, 0.15) is 40.6 Å². The Bertz CT molecular complexity index is 928. The molecule has 6 nitrogen and oxygen atoms in total. The Balaban J connectivity index is 1.54. The number of amides is 2. The highest BCUT2D eigenvalue weighted by Gasteiger charge is 2.27. The van der Waals surface area contributed by atoms with Gasteiger partial charge in [0.05, 0.1) is 23.7 Å². The second-order valence-corrected chi connectivity index (χ2v) is 9.26. The summed E-state index contributed by atoms with van der Waals surface area (Å²) in [6.07, 6.45) is 3.86. The van der Waals surface area contributed by atoms with Crippen molar-refractivity contribution >= 4 is 63.2 Å². The Hall–Kier alpha value is -2.03. The van der Waals surface area contributed by atoms with Gasteiger partial charge in [-0.3, -0.25) is 9.59 Å². The molecule has 0 aliphatic heterocycles. The fraction of sp³-hybridized carbons (Fsp3) is 0.381. The minimum absolute atomic E-state index is 0.110. The van der Waals surface area contributed by atoms with Gasteiger partial charge in [0.15, 0.2) is 0 Å². The number of aryl methyl sites for hydroxylation is 1. The first-order valence-electron chi connectivity index (χ1n) is 9.72. The van der Waals surface area contributed by atoms with Crippen LogP contribution in [0.15, 0.2) is 24.3 Å². The average Bonchev–Trinajstić information content (AvgIpc) is 3.07. The summed E-state index contributed by atoms with van der Waals surface area (Å²) in [7, 11) is 0. The van der Waals surface area contributed by atoms with Gasteiger partial charge in [-0.1, -0.05) is 11.6 Å². The molecule has 0 unspecified atom stereocenters. The van der Waals surface area contributed by atoms with Gasteiger partial charge >= 0.3 is 5.97 Å². The van der Waals surface area contributed by atoms with Crippen molar-refractivity contribution in [3.8, 4) is 0 Å². The van der Waals surface area contributed by atoms with Crippen molar-refractivity contribution in [3.05, 3.63) is 45.3 Å². The molecule has 0 radical (unpaired) electrons. The number of carbonyl (C=O) groups excluding carboxylic acids is 3. The van der Waals surface area contributed by atoms with Gasteiger partial charge in [-0.2, -0.15) is 0 Å². The van der Waals surface area contributed by atoms with Gasteiger partial charge in [0.2, 0.25) is 11.8 Å². The Morgan fingerprint density at radius 2 is 1.73 bits per heavy atom. The standard InChI is InChI=1S/C21H23ClN2O4S2/c1-2-28-21(27)19-15-5-3-4-6-16(15)30-20(19)24-18(26)12-29-11-17(25)23-14-9-7-13(22)8-10-14/h7-10H,2-6,11-12H2,1H3,(H,23,25)(H,24,26). The molecule has 0 fully saturated rings. The third-order valence-corrected chi connectivity index (χ3v) is 6.89. The van der Waals surface area contributed by atoms with Gasteiger partial charge in [0.1, 0.15) is 5.00 Å². The lowest BCUT2D eigenvalue weighted by molar-refractivity contribution is -0.114. The van der Waals surface area contributed by atoms with Crippen molar-refractivity contribution in [2.45, 2.75) is 32.6 Å². The number of carbonyl (C=O) groups is 3. The van der Waals surface area contributed by atoms with Crippen LogP contribution >= 0.6 is 34.7 Å². The molecule has 0 saturated heterocycles. The lowest BCUT2D eigenvalue weighted by Crippen LogP contribution is -2.19. The molecule has 1 aliphatic rings. The van der Waals surface area contributed by atoms with E-state index in [4.69, 9.17) is 16.3 Å². The fourth-order valence-corrected chi connectivity index (χ4v) is 5.24. The summed E-state index contributed by atoms with van der Waals surface area (Å²) in [6, 6.07) is 6.82. The van der Waals surface area contributed by atoms with E-state index in [0.717, 1.165) is 36.1 Å². The van der Waals surface area contributed by atoms with Gasteiger partial charge in [0, 0.05) is 15.6 Å². The van der Waals surface area contributed by atoms with E-state index in [0.29, 0.717) is 21.3 Å². The van der Waals surface area contributed by atoms with E-state index in [1.165, 1.54) is 23.1 Å². The lowest BCUT2D eigenvalue weighted by atomic mass is 9.95. The molecule has 160 valence electrons. The van der Waals surface area contributed by atoms with Crippen molar-refractivity contribution in [1.82, 2.24) is 0 Å². The summed E-state index contributed by atoms with van der Waals surface area (Å²) in [6.45, 7) is 2.05. The first-order valence-corrected chi connectivity index (χ1v) is 12.1. The van der Waals surface area contributed by atoms with Crippen LogP contribution < -0.4 is 10.6 Å². The molecule has 3 rings (SSSR count). The van der Waals surface area contributed by atoms with Gasteiger partial charge in [0.25, 0.3) is 0 Å². The maximum Gasteiger partial charge on any atom is 0.341 e. The maximum absolute atomic E-state index is 12.4. The summed E-state index contributed by atoms with van der Waals surface area (Å²) < 4.78 is 5.20. The summed E-state index contributed by atoms with van der Waals surface area (Å²) in [5.74, 6) is -0.583. The molecule has 1 aliphatic carbocycles. The minimum Gasteiger partial charge on any atom is -0.462 e. The highest BCUT2D eigenvalue weighted by Crippen LogP contribution is 2.38. The lowest BCUT2D eigenvalue weighted by Gasteiger charge is -2.12. The number of halogens is 1. The summed E-state index contributed by atoms with van der Waals surface area (Å²) in [5, 5.41) is 6.75. The highest BCUT2D eigenvalue weighted by atomic mass is 35.5. The summed E-state index contributed by atoms with van der Waals surface area (Å²) >= 11 is 8.49. The molecule has 1 heterocycles. The van der Waals surface area contributed by atoms with Crippen molar-refractivity contribution < 1.29 is 19.1 Å². The monoisotopic (exact) mass is 466 g/mol. The number of thiophene rings is 1. The zero-order valence-electron chi connectivity index (χ0n) is 16.6. The van der Waals surface area contributed by atoms with Crippen molar-refractivity contribution in [1.29, 1.82) is 0 Å². The number of rotatable bonds is 8. The fourth-order valence-electron chi connectivity index (χ4n) is 3.20. The predicted molar refractivity (Wildman–Crippen MR) is 123 cm³/mol. The molecule has 9 heteroatoms. The summed E-state index contributed by atoms with van der Waals surface area (Å²) in [5.41, 5.74) is 2.16. The number of esters is 1. The first kappa shape index (κ1) is 22.7. The van der Waals surface area contributed by atoms with Crippen LogP contribution in [-0.2, 0) is 27.2 Å². The third kappa shape index (κ3) is 6.00. The zero-order valence-corrected chi connectivity index (χ0v) is 19.0. The maximum atomic E-state index is 12.4. The molecule has 1 aromatic heterocycles. The molecule has 2 N–H and O–H groups in total. The van der Waals surface area contributed by atoms with E-state index in [1.54, 1.807) is 31.2 Å². The molecule has 2 amide bonds. The molecule has 1 aromatic carbocycles. The Morgan fingerprint density at radius 1 is 1.07 bits per heavy atom.